The van der Waals surface area contributed by atoms with Gasteiger partial charge in [-0.25, -0.2) is 4.79 Å². The Labute approximate surface area is 167 Å². The zero-order valence-corrected chi connectivity index (χ0v) is 17.0. The maximum Gasteiger partial charge on any atom is 0.407 e. The van der Waals surface area contributed by atoms with Crippen LogP contribution < -0.4 is 5.32 Å². The second-order valence-electron chi connectivity index (χ2n) is 7.89. The molecule has 1 N–H and O–H groups in total. The predicted octanol–water partition coefficient (Wildman–Crippen LogP) is 4.43. The molecule has 5 nitrogen and oxygen atoms in total. The second-order valence-corrected chi connectivity index (χ2v) is 7.89. The van der Waals surface area contributed by atoms with Crippen molar-refractivity contribution in [2.24, 2.45) is 0 Å². The van der Waals surface area contributed by atoms with Crippen LogP contribution in [0.4, 0.5) is 4.79 Å². The van der Waals surface area contributed by atoms with Gasteiger partial charge in [-0.15, -0.1) is 0 Å². The highest BCUT2D eigenvalue weighted by atomic mass is 16.6. The molecule has 1 unspecified atom stereocenters. The summed E-state index contributed by atoms with van der Waals surface area (Å²) in [7, 11) is 0. The van der Waals surface area contributed by atoms with E-state index >= 15 is 0 Å². The molecule has 150 valence electrons. The molecule has 0 fully saturated rings. The first kappa shape index (κ1) is 21.5. The largest absolute Gasteiger partial charge is 0.461 e. The Balaban J connectivity index is 1.84. The van der Waals surface area contributed by atoms with E-state index in [1.54, 1.807) is 0 Å². The molecule has 0 radical (unpaired) electrons. The van der Waals surface area contributed by atoms with Gasteiger partial charge < -0.3 is 14.8 Å². The van der Waals surface area contributed by atoms with Crippen molar-refractivity contribution in [1.82, 2.24) is 5.32 Å². The van der Waals surface area contributed by atoms with Gasteiger partial charge in [-0.2, -0.15) is 0 Å². The molecule has 2 aromatic rings. The van der Waals surface area contributed by atoms with E-state index in [0.717, 1.165) is 16.7 Å². The molecule has 1 amide bonds. The van der Waals surface area contributed by atoms with E-state index in [9.17, 15) is 9.59 Å². The Kier molecular flexibility index (Phi) is 7.61. The third-order valence-electron chi connectivity index (χ3n) is 3.89. The molecule has 0 bridgehead atoms. The third kappa shape index (κ3) is 8.25. The van der Waals surface area contributed by atoms with E-state index in [1.165, 1.54) is 0 Å². The van der Waals surface area contributed by atoms with Crippen LogP contribution in [0, 0.1) is 0 Å². The summed E-state index contributed by atoms with van der Waals surface area (Å²) in [5, 5.41) is 2.83. The van der Waals surface area contributed by atoms with Gasteiger partial charge in [-0.3, -0.25) is 4.79 Å². The molecule has 5 heteroatoms. The highest BCUT2D eigenvalue weighted by molar-refractivity contribution is 5.72. The van der Waals surface area contributed by atoms with Gasteiger partial charge >= 0.3 is 12.1 Å². The minimum Gasteiger partial charge on any atom is -0.461 e. The predicted molar refractivity (Wildman–Crippen MR) is 109 cm³/mol. The van der Waals surface area contributed by atoms with Gasteiger partial charge in [0.25, 0.3) is 0 Å². The van der Waals surface area contributed by atoms with E-state index in [4.69, 9.17) is 9.47 Å². The molecule has 0 aromatic heterocycles. The van der Waals surface area contributed by atoms with Crippen molar-refractivity contribution in [3.8, 4) is 0 Å². The van der Waals surface area contributed by atoms with Crippen LogP contribution in [-0.4, -0.2) is 23.7 Å². The van der Waals surface area contributed by atoms with Crippen molar-refractivity contribution in [3.05, 3.63) is 71.3 Å². The summed E-state index contributed by atoms with van der Waals surface area (Å²) < 4.78 is 10.6. The molecule has 1 atom stereocenters. The van der Waals surface area contributed by atoms with Gasteiger partial charge in [0.1, 0.15) is 12.2 Å². The molecular weight excluding hydrogens is 354 g/mol. The average Bonchev–Trinajstić information content (AvgIpc) is 2.59. The molecule has 0 aliphatic heterocycles. The van der Waals surface area contributed by atoms with Gasteiger partial charge in [0.05, 0.1) is 6.42 Å². The number of carbonyl (C=O) groups excluding carboxylic acids is 2. The number of hydrogen-bond acceptors (Lipinski definition) is 4. The first-order valence-corrected chi connectivity index (χ1v) is 9.48. The lowest BCUT2D eigenvalue weighted by atomic mass is 10.0. The zero-order chi connectivity index (χ0) is 20.6. The number of carbonyl (C=O) groups is 2. The summed E-state index contributed by atoms with van der Waals surface area (Å²) in [6.07, 6.45) is 0.432. The van der Waals surface area contributed by atoms with Crippen molar-refractivity contribution in [2.45, 2.75) is 58.8 Å². The molecule has 0 aliphatic carbocycles. The minimum absolute atomic E-state index is 0.0878. The van der Waals surface area contributed by atoms with Crippen molar-refractivity contribution in [2.75, 3.05) is 0 Å². The van der Waals surface area contributed by atoms with Gasteiger partial charge in [0.2, 0.25) is 0 Å². The quantitative estimate of drug-likeness (QED) is 0.719. The summed E-state index contributed by atoms with van der Waals surface area (Å²) in [4.78, 5) is 24.0. The zero-order valence-electron chi connectivity index (χ0n) is 17.0. The van der Waals surface area contributed by atoms with Crippen LogP contribution in [0.1, 0.15) is 44.4 Å². The number of amides is 1. The van der Waals surface area contributed by atoms with Crippen LogP contribution in [0.5, 0.6) is 0 Å². The Bertz CT molecular complexity index is 781. The maximum absolute atomic E-state index is 12.1. The highest BCUT2D eigenvalue weighted by Gasteiger charge is 2.18. The van der Waals surface area contributed by atoms with Gasteiger partial charge in [0, 0.05) is 6.04 Å². The Morgan fingerprint density at radius 2 is 1.61 bits per heavy atom. The SMILES string of the molecule is CC(Cc1cccc(CC(=O)OCc2ccccc2)c1)NC(=O)OC(C)(C)C. The normalized spacial score (nSPS) is 12.1. The van der Waals surface area contributed by atoms with Crippen LogP contribution in [0.25, 0.3) is 0 Å². The lowest BCUT2D eigenvalue weighted by Crippen LogP contribution is -2.38. The molecule has 2 aromatic carbocycles. The lowest BCUT2D eigenvalue weighted by Gasteiger charge is -2.22. The first-order valence-electron chi connectivity index (χ1n) is 9.48. The molecule has 0 heterocycles. The molecule has 0 saturated carbocycles. The van der Waals surface area contributed by atoms with E-state index in [1.807, 2.05) is 82.3 Å². The van der Waals surface area contributed by atoms with Gasteiger partial charge in [-0.1, -0.05) is 54.6 Å². The fourth-order valence-corrected chi connectivity index (χ4v) is 2.74. The van der Waals surface area contributed by atoms with Crippen molar-refractivity contribution in [1.29, 1.82) is 0 Å². The number of nitrogens with one attached hydrogen (secondary N) is 1. The molecule has 2 rings (SSSR count). The summed E-state index contributed by atoms with van der Waals surface area (Å²) in [5.41, 5.74) is 2.37. The monoisotopic (exact) mass is 383 g/mol. The summed E-state index contributed by atoms with van der Waals surface area (Å²) >= 11 is 0. The van der Waals surface area contributed by atoms with Gasteiger partial charge in [0.15, 0.2) is 0 Å². The minimum atomic E-state index is -0.524. The van der Waals surface area contributed by atoms with Crippen LogP contribution in [0.3, 0.4) is 0 Å². The van der Waals surface area contributed by atoms with Crippen LogP contribution >= 0.6 is 0 Å². The fraction of sp³-hybridized carbons (Fsp3) is 0.391. The second kappa shape index (κ2) is 9.93. The topological polar surface area (TPSA) is 64.6 Å². The van der Waals surface area contributed by atoms with E-state index < -0.39 is 11.7 Å². The summed E-state index contributed by atoms with van der Waals surface area (Å²) in [5.74, 6) is -0.263. The van der Waals surface area contributed by atoms with E-state index in [-0.39, 0.29) is 25.0 Å². The van der Waals surface area contributed by atoms with Crippen LogP contribution in [0.2, 0.25) is 0 Å². The summed E-state index contributed by atoms with van der Waals surface area (Å²) in [6.45, 7) is 7.69. The highest BCUT2D eigenvalue weighted by Crippen LogP contribution is 2.11. The van der Waals surface area contributed by atoms with Crippen molar-refractivity contribution in [3.63, 3.8) is 0 Å². The molecule has 28 heavy (non-hydrogen) atoms. The van der Waals surface area contributed by atoms with Crippen molar-refractivity contribution >= 4 is 12.1 Å². The first-order chi connectivity index (χ1) is 13.2. The lowest BCUT2D eigenvalue weighted by molar-refractivity contribution is -0.144. The van der Waals surface area contributed by atoms with E-state index in [2.05, 4.69) is 5.32 Å². The van der Waals surface area contributed by atoms with Crippen LogP contribution in [0.15, 0.2) is 54.6 Å². The number of ether oxygens (including phenoxy) is 2. The number of esters is 1. The van der Waals surface area contributed by atoms with Crippen molar-refractivity contribution < 1.29 is 19.1 Å². The van der Waals surface area contributed by atoms with Gasteiger partial charge in [-0.05, 0) is 50.8 Å². The average molecular weight is 383 g/mol. The molecule has 0 spiro atoms. The van der Waals surface area contributed by atoms with Crippen LogP contribution in [-0.2, 0) is 33.7 Å². The number of rotatable bonds is 7. The number of benzene rings is 2. The molecule has 0 saturated heterocycles. The standard InChI is InChI=1S/C23H29NO4/c1-17(24-22(26)28-23(2,3)4)13-19-11-8-12-20(14-19)15-21(25)27-16-18-9-6-5-7-10-18/h5-12,14,17H,13,15-16H2,1-4H3,(H,24,26). The smallest absolute Gasteiger partial charge is 0.407 e. The van der Waals surface area contributed by atoms with E-state index in [0.29, 0.717) is 6.42 Å². The fourth-order valence-electron chi connectivity index (χ4n) is 2.74. The Morgan fingerprint density at radius 3 is 2.29 bits per heavy atom. The molecular formula is C23H29NO4. The Hall–Kier alpha value is -2.82. The third-order valence-corrected chi connectivity index (χ3v) is 3.89. The number of hydrogen-bond donors (Lipinski definition) is 1. The summed E-state index contributed by atoms with van der Waals surface area (Å²) in [6, 6.07) is 17.3. The maximum atomic E-state index is 12.1. The molecule has 0 aliphatic rings. The Morgan fingerprint density at radius 1 is 0.964 bits per heavy atom. The number of alkyl carbamates (subject to hydrolysis) is 1.